The van der Waals surface area contributed by atoms with E-state index >= 15 is 0 Å². The molecule has 4 N–H and O–H groups in total. The third kappa shape index (κ3) is 3.61. The lowest BCUT2D eigenvalue weighted by molar-refractivity contribution is -0.268. The number of aliphatic hydroxyl groups is 3. The molecule has 0 radical (unpaired) electrons. The minimum absolute atomic E-state index is 0.0283. The Balaban J connectivity index is 1.81. The first-order valence-corrected chi connectivity index (χ1v) is 9.62. The van der Waals surface area contributed by atoms with Crippen molar-refractivity contribution in [1.29, 1.82) is 0 Å². The van der Waals surface area contributed by atoms with Crippen LogP contribution in [0.4, 0.5) is 0 Å². The largest absolute Gasteiger partial charge is 0.502 e. The number of hydrogen-bond donors (Lipinski definition) is 4. The van der Waals surface area contributed by atoms with E-state index in [1.54, 1.807) is 30.3 Å². The van der Waals surface area contributed by atoms with E-state index in [4.69, 9.17) is 18.6 Å². The van der Waals surface area contributed by atoms with Crippen LogP contribution in [0.1, 0.15) is 6.92 Å². The Morgan fingerprint density at radius 3 is 2.35 bits per heavy atom. The standard InChI is InChI=1S/C22H22O9/c1-10-14(23)16(25)18(27)22(29-10)30-13-9-8-12-15(24)17(26)19(11-6-4-3-5-7-11)31-20(12)21(13)28-2/h3-10,14,16,18,22-23,25-27H,1-2H3/t10-,14+,16-,18+,22+/m1/s1. The highest BCUT2D eigenvalue weighted by atomic mass is 16.7. The second-order valence-corrected chi connectivity index (χ2v) is 7.25. The lowest BCUT2D eigenvalue weighted by atomic mass is 10.00. The fraction of sp³-hybridized carbons (Fsp3) is 0.318. The van der Waals surface area contributed by atoms with Gasteiger partial charge in [0, 0.05) is 5.56 Å². The number of fused-ring (bicyclic) bond motifs is 1. The van der Waals surface area contributed by atoms with E-state index in [2.05, 4.69) is 0 Å². The molecule has 0 amide bonds. The molecule has 0 aliphatic carbocycles. The number of benzene rings is 2. The molecule has 0 saturated carbocycles. The molecule has 2 aromatic carbocycles. The van der Waals surface area contributed by atoms with E-state index in [0.29, 0.717) is 5.56 Å². The first-order valence-electron chi connectivity index (χ1n) is 9.62. The molecule has 5 atom stereocenters. The van der Waals surface area contributed by atoms with Gasteiger partial charge in [-0.15, -0.1) is 0 Å². The lowest BCUT2D eigenvalue weighted by Gasteiger charge is -2.39. The highest BCUT2D eigenvalue weighted by molar-refractivity contribution is 5.88. The van der Waals surface area contributed by atoms with Crippen LogP contribution in [-0.2, 0) is 4.74 Å². The summed E-state index contributed by atoms with van der Waals surface area (Å²) in [5, 5.41) is 40.5. The van der Waals surface area contributed by atoms with Crippen molar-refractivity contribution in [3.05, 3.63) is 52.7 Å². The summed E-state index contributed by atoms with van der Waals surface area (Å²) in [6.07, 6.45) is -6.38. The number of aliphatic hydroxyl groups excluding tert-OH is 3. The predicted octanol–water partition coefficient (Wildman–Crippen LogP) is 1.38. The minimum atomic E-state index is -1.53. The SMILES string of the molecule is COc1c(O[C@@H]2O[C@H](C)[C@H](O)[C@@H](O)[C@@H]2O)ccc2c(=O)c(O)c(-c3ccccc3)oc12. The Hall–Kier alpha value is -3.11. The van der Waals surface area contributed by atoms with Gasteiger partial charge in [-0.1, -0.05) is 30.3 Å². The number of ether oxygens (including phenoxy) is 3. The lowest BCUT2D eigenvalue weighted by Crippen LogP contribution is -2.58. The molecular formula is C22H22O9. The Labute approximate surface area is 176 Å². The second kappa shape index (κ2) is 8.20. The first-order chi connectivity index (χ1) is 14.8. The number of rotatable bonds is 4. The molecule has 0 spiro atoms. The summed E-state index contributed by atoms with van der Waals surface area (Å²) in [7, 11) is 1.34. The molecule has 1 aromatic heterocycles. The zero-order valence-corrected chi connectivity index (χ0v) is 16.8. The van der Waals surface area contributed by atoms with E-state index in [1.807, 2.05) is 0 Å². The first kappa shape index (κ1) is 21.1. The number of hydrogen-bond acceptors (Lipinski definition) is 9. The normalized spacial score (nSPS) is 26.0. The van der Waals surface area contributed by atoms with Gasteiger partial charge in [-0.25, -0.2) is 0 Å². The Morgan fingerprint density at radius 2 is 1.68 bits per heavy atom. The van der Waals surface area contributed by atoms with Crippen LogP contribution in [0.2, 0.25) is 0 Å². The van der Waals surface area contributed by atoms with Gasteiger partial charge in [0.1, 0.15) is 18.3 Å². The highest BCUT2D eigenvalue weighted by Crippen LogP contribution is 2.40. The molecule has 0 bridgehead atoms. The van der Waals surface area contributed by atoms with Crippen LogP contribution < -0.4 is 14.9 Å². The third-order valence-corrected chi connectivity index (χ3v) is 5.25. The number of aromatic hydroxyl groups is 1. The van der Waals surface area contributed by atoms with Gasteiger partial charge < -0.3 is 39.1 Å². The molecular weight excluding hydrogens is 408 g/mol. The molecule has 1 aliphatic rings. The van der Waals surface area contributed by atoms with Gasteiger partial charge in [0.15, 0.2) is 17.1 Å². The molecule has 0 unspecified atom stereocenters. The summed E-state index contributed by atoms with van der Waals surface area (Å²) in [5.41, 5.74) is -0.129. The van der Waals surface area contributed by atoms with Crippen LogP contribution >= 0.6 is 0 Å². The monoisotopic (exact) mass is 430 g/mol. The predicted molar refractivity (Wildman–Crippen MR) is 109 cm³/mol. The average molecular weight is 430 g/mol. The van der Waals surface area contributed by atoms with Crippen LogP contribution in [0.25, 0.3) is 22.3 Å². The summed E-state index contributed by atoms with van der Waals surface area (Å²) in [5.74, 6) is -0.459. The summed E-state index contributed by atoms with van der Waals surface area (Å²) < 4.78 is 22.4. The van der Waals surface area contributed by atoms with Crippen molar-refractivity contribution >= 4 is 11.0 Å². The molecule has 4 rings (SSSR count). The summed E-state index contributed by atoms with van der Waals surface area (Å²) in [4.78, 5) is 12.7. The van der Waals surface area contributed by atoms with Crippen molar-refractivity contribution in [2.75, 3.05) is 7.11 Å². The Kier molecular flexibility index (Phi) is 5.59. The van der Waals surface area contributed by atoms with Crippen LogP contribution in [-0.4, -0.2) is 58.2 Å². The van der Waals surface area contributed by atoms with Gasteiger partial charge in [0.25, 0.3) is 0 Å². The van der Waals surface area contributed by atoms with E-state index < -0.39 is 41.9 Å². The molecule has 3 aromatic rings. The smallest absolute Gasteiger partial charge is 0.235 e. The van der Waals surface area contributed by atoms with Gasteiger partial charge >= 0.3 is 0 Å². The molecule has 2 heterocycles. The Morgan fingerprint density at radius 1 is 0.968 bits per heavy atom. The fourth-order valence-corrected chi connectivity index (χ4v) is 3.51. The second-order valence-electron chi connectivity index (χ2n) is 7.25. The van der Waals surface area contributed by atoms with Crippen molar-refractivity contribution in [1.82, 2.24) is 0 Å². The van der Waals surface area contributed by atoms with Gasteiger partial charge in [0.2, 0.25) is 23.2 Å². The average Bonchev–Trinajstić information content (AvgIpc) is 2.78. The number of methoxy groups -OCH3 is 1. The van der Waals surface area contributed by atoms with Gasteiger partial charge in [-0.05, 0) is 19.1 Å². The van der Waals surface area contributed by atoms with Crippen LogP contribution in [0.5, 0.6) is 17.2 Å². The molecule has 1 fully saturated rings. The van der Waals surface area contributed by atoms with Crippen molar-refractivity contribution in [3.63, 3.8) is 0 Å². The zero-order chi connectivity index (χ0) is 22.3. The maximum atomic E-state index is 12.7. The topological polar surface area (TPSA) is 139 Å². The van der Waals surface area contributed by atoms with Gasteiger partial charge in [-0.2, -0.15) is 0 Å². The Bertz CT molecular complexity index is 1140. The maximum Gasteiger partial charge on any atom is 0.235 e. The van der Waals surface area contributed by atoms with Crippen molar-refractivity contribution in [2.45, 2.75) is 37.6 Å². The van der Waals surface area contributed by atoms with Crippen LogP contribution in [0.3, 0.4) is 0 Å². The van der Waals surface area contributed by atoms with E-state index in [1.165, 1.54) is 26.2 Å². The van der Waals surface area contributed by atoms with Crippen molar-refractivity contribution in [3.8, 4) is 28.6 Å². The molecule has 1 saturated heterocycles. The van der Waals surface area contributed by atoms with Crippen molar-refractivity contribution < 1.29 is 39.1 Å². The molecule has 9 nitrogen and oxygen atoms in total. The van der Waals surface area contributed by atoms with Crippen LogP contribution in [0.15, 0.2) is 51.7 Å². The molecule has 164 valence electrons. The third-order valence-electron chi connectivity index (χ3n) is 5.25. The quantitative estimate of drug-likeness (QED) is 0.483. The summed E-state index contributed by atoms with van der Waals surface area (Å²) >= 11 is 0. The fourth-order valence-electron chi connectivity index (χ4n) is 3.51. The van der Waals surface area contributed by atoms with Gasteiger partial charge in [0.05, 0.1) is 18.6 Å². The summed E-state index contributed by atoms with van der Waals surface area (Å²) in [6, 6.07) is 11.4. The maximum absolute atomic E-state index is 12.7. The molecule has 9 heteroatoms. The molecule has 31 heavy (non-hydrogen) atoms. The van der Waals surface area contributed by atoms with E-state index in [0.717, 1.165) is 0 Å². The van der Waals surface area contributed by atoms with Crippen molar-refractivity contribution in [2.24, 2.45) is 0 Å². The van der Waals surface area contributed by atoms with E-state index in [9.17, 15) is 25.2 Å². The zero-order valence-electron chi connectivity index (χ0n) is 16.8. The minimum Gasteiger partial charge on any atom is -0.502 e. The van der Waals surface area contributed by atoms with Crippen LogP contribution in [0, 0.1) is 0 Å². The molecule has 1 aliphatic heterocycles. The van der Waals surface area contributed by atoms with E-state index in [-0.39, 0.29) is 28.2 Å². The van der Waals surface area contributed by atoms with Gasteiger partial charge in [-0.3, -0.25) is 4.79 Å². The summed E-state index contributed by atoms with van der Waals surface area (Å²) in [6.45, 7) is 1.53. The highest BCUT2D eigenvalue weighted by Gasteiger charge is 2.43.